The van der Waals surface area contributed by atoms with Gasteiger partial charge in [0.15, 0.2) is 0 Å². The maximum absolute atomic E-state index is 14.2. The van der Waals surface area contributed by atoms with E-state index in [2.05, 4.69) is 5.32 Å². The maximum atomic E-state index is 14.2. The van der Waals surface area contributed by atoms with Gasteiger partial charge in [-0.2, -0.15) is 0 Å². The molecule has 2 aromatic rings. The van der Waals surface area contributed by atoms with Gasteiger partial charge in [0.1, 0.15) is 11.9 Å². The molecule has 0 spiro atoms. The predicted octanol–water partition coefficient (Wildman–Crippen LogP) is 4.54. The van der Waals surface area contributed by atoms with Crippen LogP contribution in [-0.2, 0) is 22.6 Å². The van der Waals surface area contributed by atoms with Crippen molar-refractivity contribution in [2.45, 2.75) is 71.0 Å². The van der Waals surface area contributed by atoms with E-state index in [0.29, 0.717) is 18.5 Å². The van der Waals surface area contributed by atoms with Crippen LogP contribution in [0.1, 0.15) is 55.7 Å². The molecule has 2 aromatic carbocycles. The van der Waals surface area contributed by atoms with Crippen LogP contribution in [0, 0.1) is 12.7 Å². The van der Waals surface area contributed by atoms with Crippen molar-refractivity contribution in [3.63, 3.8) is 0 Å². The Bertz CT molecular complexity index is 877. The zero-order valence-corrected chi connectivity index (χ0v) is 17.9. The van der Waals surface area contributed by atoms with Gasteiger partial charge in [0.2, 0.25) is 11.8 Å². The Morgan fingerprint density at radius 1 is 1.07 bits per heavy atom. The van der Waals surface area contributed by atoms with Crippen LogP contribution in [0.15, 0.2) is 48.5 Å². The summed E-state index contributed by atoms with van der Waals surface area (Å²) in [6.07, 6.45) is 4.67. The van der Waals surface area contributed by atoms with E-state index in [-0.39, 0.29) is 24.3 Å². The number of nitrogens with zero attached hydrogens (tertiary/aromatic N) is 1. The van der Waals surface area contributed by atoms with Gasteiger partial charge in [0, 0.05) is 12.6 Å². The van der Waals surface area contributed by atoms with E-state index >= 15 is 0 Å². The van der Waals surface area contributed by atoms with Gasteiger partial charge in [0.05, 0.1) is 6.42 Å². The molecule has 30 heavy (non-hydrogen) atoms. The highest BCUT2D eigenvalue weighted by molar-refractivity contribution is 5.88. The zero-order valence-electron chi connectivity index (χ0n) is 17.9. The highest BCUT2D eigenvalue weighted by atomic mass is 19.1. The molecule has 0 radical (unpaired) electrons. The van der Waals surface area contributed by atoms with Crippen molar-refractivity contribution in [1.82, 2.24) is 10.2 Å². The van der Waals surface area contributed by atoms with Crippen LogP contribution in [0.25, 0.3) is 0 Å². The normalized spacial score (nSPS) is 15.0. The Balaban J connectivity index is 1.84. The average Bonchev–Trinajstić information content (AvgIpc) is 3.24. The van der Waals surface area contributed by atoms with Crippen molar-refractivity contribution < 1.29 is 14.0 Å². The van der Waals surface area contributed by atoms with Gasteiger partial charge in [-0.25, -0.2) is 4.39 Å². The summed E-state index contributed by atoms with van der Waals surface area (Å²) in [7, 11) is 0. The summed E-state index contributed by atoms with van der Waals surface area (Å²) in [6, 6.07) is 13.8. The molecule has 4 nitrogen and oxygen atoms in total. The van der Waals surface area contributed by atoms with Gasteiger partial charge < -0.3 is 10.2 Å². The minimum Gasteiger partial charge on any atom is -0.352 e. The molecule has 1 fully saturated rings. The van der Waals surface area contributed by atoms with Crippen molar-refractivity contribution in [2.24, 2.45) is 0 Å². The fourth-order valence-corrected chi connectivity index (χ4v) is 4.16. The quantitative estimate of drug-likeness (QED) is 0.694. The summed E-state index contributed by atoms with van der Waals surface area (Å²) >= 11 is 0. The summed E-state index contributed by atoms with van der Waals surface area (Å²) in [4.78, 5) is 28.0. The number of halogens is 1. The first-order valence-electron chi connectivity index (χ1n) is 10.9. The molecule has 5 heteroatoms. The highest BCUT2D eigenvalue weighted by Crippen LogP contribution is 2.21. The topological polar surface area (TPSA) is 49.4 Å². The lowest BCUT2D eigenvalue weighted by Gasteiger charge is -2.32. The third-order valence-corrected chi connectivity index (χ3v) is 5.99. The first-order chi connectivity index (χ1) is 14.5. The molecule has 2 amide bonds. The van der Waals surface area contributed by atoms with Gasteiger partial charge in [-0.05, 0) is 48.9 Å². The fraction of sp³-hybridized carbons (Fsp3) is 0.440. The fourth-order valence-electron chi connectivity index (χ4n) is 4.16. The Morgan fingerprint density at radius 2 is 1.70 bits per heavy atom. The van der Waals surface area contributed by atoms with E-state index in [1.807, 2.05) is 38.1 Å². The molecule has 0 unspecified atom stereocenters. The number of amides is 2. The number of rotatable bonds is 8. The van der Waals surface area contributed by atoms with E-state index in [1.165, 1.54) is 6.07 Å². The molecule has 1 aliphatic carbocycles. The second kappa shape index (κ2) is 10.4. The van der Waals surface area contributed by atoms with Crippen LogP contribution in [0.4, 0.5) is 4.39 Å². The lowest BCUT2D eigenvalue weighted by molar-refractivity contribution is -0.141. The van der Waals surface area contributed by atoms with Gasteiger partial charge in [-0.1, -0.05) is 62.2 Å². The first kappa shape index (κ1) is 22.0. The molecular weight excluding hydrogens is 379 g/mol. The SMILES string of the molecule is CC[C@H](C(=O)NC1CCCC1)N(Cc1ccccc1C)C(=O)Cc1ccccc1F. The monoisotopic (exact) mass is 410 g/mol. The zero-order chi connectivity index (χ0) is 21.5. The predicted molar refractivity (Wildman–Crippen MR) is 116 cm³/mol. The summed E-state index contributed by atoms with van der Waals surface area (Å²) in [5.41, 5.74) is 2.40. The van der Waals surface area contributed by atoms with Gasteiger partial charge in [0.25, 0.3) is 0 Å². The van der Waals surface area contributed by atoms with E-state index in [1.54, 1.807) is 23.1 Å². The second-order valence-corrected chi connectivity index (χ2v) is 8.13. The Hall–Kier alpha value is -2.69. The molecule has 3 rings (SSSR count). The Morgan fingerprint density at radius 3 is 2.33 bits per heavy atom. The molecule has 0 heterocycles. The van der Waals surface area contributed by atoms with Crippen LogP contribution in [-0.4, -0.2) is 28.8 Å². The van der Waals surface area contributed by atoms with Crippen molar-refractivity contribution in [2.75, 3.05) is 0 Å². The Labute approximate surface area is 178 Å². The summed E-state index contributed by atoms with van der Waals surface area (Å²) < 4.78 is 14.2. The molecular formula is C25H31FN2O2. The minimum absolute atomic E-state index is 0.0637. The number of benzene rings is 2. The molecule has 160 valence electrons. The van der Waals surface area contributed by atoms with E-state index < -0.39 is 11.9 Å². The van der Waals surface area contributed by atoms with Gasteiger partial charge in [-0.15, -0.1) is 0 Å². The van der Waals surface area contributed by atoms with Crippen LogP contribution >= 0.6 is 0 Å². The lowest BCUT2D eigenvalue weighted by atomic mass is 10.0. The van der Waals surface area contributed by atoms with E-state index in [4.69, 9.17) is 0 Å². The highest BCUT2D eigenvalue weighted by Gasteiger charge is 2.31. The molecule has 1 saturated carbocycles. The molecule has 0 aliphatic heterocycles. The van der Waals surface area contributed by atoms with Gasteiger partial charge in [-0.3, -0.25) is 9.59 Å². The summed E-state index contributed by atoms with van der Waals surface area (Å²) in [5, 5.41) is 3.13. The minimum atomic E-state index is -0.579. The summed E-state index contributed by atoms with van der Waals surface area (Å²) in [5.74, 6) is -0.748. The van der Waals surface area contributed by atoms with Crippen molar-refractivity contribution in [3.05, 3.63) is 71.0 Å². The van der Waals surface area contributed by atoms with Crippen molar-refractivity contribution in [3.8, 4) is 0 Å². The van der Waals surface area contributed by atoms with Crippen molar-refractivity contribution >= 4 is 11.8 Å². The number of nitrogens with one attached hydrogen (secondary N) is 1. The van der Waals surface area contributed by atoms with Gasteiger partial charge >= 0.3 is 0 Å². The first-order valence-corrected chi connectivity index (χ1v) is 10.9. The number of aryl methyl sites for hydroxylation is 1. The van der Waals surface area contributed by atoms with Crippen LogP contribution in [0.3, 0.4) is 0 Å². The smallest absolute Gasteiger partial charge is 0.243 e. The maximum Gasteiger partial charge on any atom is 0.243 e. The standard InChI is InChI=1S/C25H31FN2O2/c1-3-23(25(30)27-21-13-7-8-14-21)28(17-20-12-5-4-10-18(20)2)24(29)16-19-11-6-9-15-22(19)26/h4-6,9-12,15,21,23H,3,7-8,13-14,16-17H2,1-2H3,(H,27,30)/t23-/m1/s1. The van der Waals surface area contributed by atoms with Crippen molar-refractivity contribution in [1.29, 1.82) is 0 Å². The molecule has 0 bridgehead atoms. The molecule has 1 atom stereocenters. The average molecular weight is 411 g/mol. The second-order valence-electron chi connectivity index (χ2n) is 8.13. The third-order valence-electron chi connectivity index (χ3n) is 5.99. The van der Waals surface area contributed by atoms with Crippen LogP contribution in [0.5, 0.6) is 0 Å². The molecule has 1 aliphatic rings. The lowest BCUT2D eigenvalue weighted by Crippen LogP contribution is -2.51. The third kappa shape index (κ3) is 5.47. The van der Waals surface area contributed by atoms with E-state index in [9.17, 15) is 14.0 Å². The largest absolute Gasteiger partial charge is 0.352 e. The number of hydrogen-bond acceptors (Lipinski definition) is 2. The molecule has 0 aromatic heterocycles. The summed E-state index contributed by atoms with van der Waals surface area (Å²) in [6.45, 7) is 4.24. The van der Waals surface area contributed by atoms with Crippen LogP contribution < -0.4 is 5.32 Å². The Kier molecular flexibility index (Phi) is 7.61. The number of carbonyl (C=O) groups excluding carboxylic acids is 2. The van der Waals surface area contributed by atoms with Crippen LogP contribution in [0.2, 0.25) is 0 Å². The van der Waals surface area contributed by atoms with E-state index in [0.717, 1.165) is 36.8 Å². The molecule has 1 N–H and O–H groups in total. The number of hydrogen-bond donors (Lipinski definition) is 1. The number of carbonyl (C=O) groups is 2. The molecule has 0 saturated heterocycles.